The van der Waals surface area contributed by atoms with Crippen molar-refractivity contribution in [3.8, 4) is 11.5 Å². The second-order valence-corrected chi connectivity index (χ2v) is 6.16. The van der Waals surface area contributed by atoms with Crippen LogP contribution in [0.1, 0.15) is 36.1 Å². The average molecular weight is 322 g/mol. The summed E-state index contributed by atoms with van der Waals surface area (Å²) in [6.45, 7) is 0.446. The van der Waals surface area contributed by atoms with Gasteiger partial charge in [-0.3, -0.25) is 4.68 Å². The zero-order valence-corrected chi connectivity index (χ0v) is 13.5. The number of benzene rings is 1. The number of rotatable bonds is 3. The summed E-state index contributed by atoms with van der Waals surface area (Å²) in [5.74, 6) is 0.468. The first-order valence-electron chi connectivity index (χ1n) is 8.42. The Morgan fingerprint density at radius 2 is 1.75 bits per heavy atom. The molecule has 4 nitrogen and oxygen atoms in total. The Labute approximate surface area is 140 Å². The minimum absolute atomic E-state index is 0.187. The summed E-state index contributed by atoms with van der Waals surface area (Å²) in [7, 11) is 0. The maximum absolute atomic E-state index is 14.1. The third kappa shape index (κ3) is 2.82. The van der Waals surface area contributed by atoms with Crippen LogP contribution in [0.15, 0.2) is 42.7 Å². The smallest absolute Gasteiger partial charge is 0.180 e. The van der Waals surface area contributed by atoms with Crippen molar-refractivity contribution in [1.82, 2.24) is 19.7 Å². The van der Waals surface area contributed by atoms with Gasteiger partial charge < -0.3 is 0 Å². The third-order valence-electron chi connectivity index (χ3n) is 4.56. The highest BCUT2D eigenvalue weighted by atomic mass is 19.1. The minimum Gasteiger partial charge on any atom is -0.264 e. The topological polar surface area (TPSA) is 43.6 Å². The van der Waals surface area contributed by atoms with Crippen molar-refractivity contribution in [3.05, 3.63) is 65.4 Å². The SMILES string of the molecule is Fc1ccccc1Cn1nc(-c2ncccn2)c2c1CCCCC2. The summed E-state index contributed by atoms with van der Waals surface area (Å²) in [6, 6.07) is 8.70. The van der Waals surface area contributed by atoms with Crippen LogP contribution in [-0.2, 0) is 19.4 Å². The predicted octanol–water partition coefficient (Wildman–Crippen LogP) is 3.80. The summed E-state index contributed by atoms with van der Waals surface area (Å²) in [4.78, 5) is 8.73. The Morgan fingerprint density at radius 3 is 2.58 bits per heavy atom. The van der Waals surface area contributed by atoms with Gasteiger partial charge in [-0.1, -0.05) is 24.6 Å². The van der Waals surface area contributed by atoms with Crippen molar-refractivity contribution >= 4 is 0 Å². The van der Waals surface area contributed by atoms with Crippen LogP contribution in [-0.4, -0.2) is 19.7 Å². The van der Waals surface area contributed by atoms with Crippen molar-refractivity contribution < 1.29 is 4.39 Å². The fourth-order valence-corrected chi connectivity index (χ4v) is 3.37. The molecule has 0 radical (unpaired) electrons. The first-order chi connectivity index (χ1) is 11.8. The molecule has 0 aliphatic heterocycles. The summed E-state index contributed by atoms with van der Waals surface area (Å²) >= 11 is 0. The van der Waals surface area contributed by atoms with E-state index in [-0.39, 0.29) is 5.82 Å². The van der Waals surface area contributed by atoms with Gasteiger partial charge in [0.15, 0.2) is 5.82 Å². The quantitative estimate of drug-likeness (QED) is 0.689. The molecule has 0 amide bonds. The van der Waals surface area contributed by atoms with Gasteiger partial charge in [0.2, 0.25) is 0 Å². The van der Waals surface area contributed by atoms with Crippen LogP contribution >= 0.6 is 0 Å². The lowest BCUT2D eigenvalue weighted by Gasteiger charge is -2.08. The fraction of sp³-hybridized carbons (Fsp3) is 0.316. The van der Waals surface area contributed by atoms with E-state index < -0.39 is 0 Å². The van der Waals surface area contributed by atoms with Crippen LogP contribution in [0.2, 0.25) is 0 Å². The molecule has 0 spiro atoms. The van der Waals surface area contributed by atoms with E-state index in [0.29, 0.717) is 17.9 Å². The summed E-state index contributed by atoms with van der Waals surface area (Å²) in [5.41, 5.74) is 3.95. The largest absolute Gasteiger partial charge is 0.264 e. The van der Waals surface area contributed by atoms with Gasteiger partial charge >= 0.3 is 0 Å². The van der Waals surface area contributed by atoms with Gasteiger partial charge in [-0.2, -0.15) is 5.10 Å². The van der Waals surface area contributed by atoms with E-state index in [9.17, 15) is 4.39 Å². The van der Waals surface area contributed by atoms with Crippen molar-refractivity contribution in [2.45, 2.75) is 38.6 Å². The van der Waals surface area contributed by atoms with E-state index in [1.807, 2.05) is 16.8 Å². The van der Waals surface area contributed by atoms with Gasteiger partial charge in [0.05, 0.1) is 6.54 Å². The molecular formula is C19H19FN4. The highest BCUT2D eigenvalue weighted by Gasteiger charge is 2.22. The van der Waals surface area contributed by atoms with E-state index in [1.165, 1.54) is 23.7 Å². The van der Waals surface area contributed by atoms with Crippen molar-refractivity contribution in [2.24, 2.45) is 0 Å². The second-order valence-electron chi connectivity index (χ2n) is 6.16. The molecule has 2 heterocycles. The van der Waals surface area contributed by atoms with Crippen LogP contribution in [0.4, 0.5) is 4.39 Å². The highest BCUT2D eigenvalue weighted by molar-refractivity contribution is 5.56. The van der Waals surface area contributed by atoms with Crippen LogP contribution in [0.3, 0.4) is 0 Å². The van der Waals surface area contributed by atoms with Crippen molar-refractivity contribution in [3.63, 3.8) is 0 Å². The number of aromatic nitrogens is 4. The van der Waals surface area contributed by atoms with Crippen LogP contribution in [0.25, 0.3) is 11.5 Å². The lowest BCUT2D eigenvalue weighted by atomic mass is 10.1. The Bertz CT molecular complexity index is 842. The van der Waals surface area contributed by atoms with E-state index in [2.05, 4.69) is 9.97 Å². The Kier molecular flexibility index (Phi) is 4.07. The Balaban J connectivity index is 1.80. The zero-order valence-electron chi connectivity index (χ0n) is 13.5. The normalized spacial score (nSPS) is 14.2. The van der Waals surface area contributed by atoms with Gasteiger partial charge in [-0.25, -0.2) is 14.4 Å². The molecule has 0 saturated carbocycles. The number of halogens is 1. The molecule has 24 heavy (non-hydrogen) atoms. The fourth-order valence-electron chi connectivity index (χ4n) is 3.37. The number of hydrogen-bond donors (Lipinski definition) is 0. The molecule has 0 fully saturated rings. The van der Waals surface area contributed by atoms with Gasteiger partial charge in [0, 0.05) is 29.2 Å². The number of fused-ring (bicyclic) bond motifs is 1. The summed E-state index contributed by atoms with van der Waals surface area (Å²) in [6.07, 6.45) is 8.94. The van der Waals surface area contributed by atoms with Crippen molar-refractivity contribution in [2.75, 3.05) is 0 Å². The molecule has 2 aromatic heterocycles. The molecule has 0 N–H and O–H groups in total. The molecule has 1 aliphatic carbocycles. The Morgan fingerprint density at radius 1 is 0.958 bits per heavy atom. The van der Waals surface area contributed by atoms with Crippen LogP contribution in [0, 0.1) is 5.82 Å². The summed E-state index contributed by atoms with van der Waals surface area (Å²) in [5, 5.41) is 4.77. The molecule has 0 atom stereocenters. The molecule has 4 rings (SSSR count). The maximum atomic E-state index is 14.1. The van der Waals surface area contributed by atoms with Gasteiger partial charge in [0.1, 0.15) is 11.5 Å². The first-order valence-corrected chi connectivity index (χ1v) is 8.42. The van der Waals surface area contributed by atoms with Crippen LogP contribution in [0.5, 0.6) is 0 Å². The van der Waals surface area contributed by atoms with Crippen molar-refractivity contribution in [1.29, 1.82) is 0 Å². The monoisotopic (exact) mass is 322 g/mol. The van der Waals surface area contributed by atoms with Gasteiger partial charge in [0.25, 0.3) is 0 Å². The average Bonchev–Trinajstić information content (AvgIpc) is 2.79. The molecule has 0 saturated heterocycles. The Hall–Kier alpha value is -2.56. The van der Waals surface area contributed by atoms with E-state index in [1.54, 1.807) is 24.5 Å². The van der Waals surface area contributed by atoms with Crippen LogP contribution < -0.4 is 0 Å². The van der Waals surface area contributed by atoms with Gasteiger partial charge in [-0.05, 0) is 37.8 Å². The molecule has 1 aromatic carbocycles. The number of nitrogens with zero attached hydrogens (tertiary/aromatic N) is 4. The van der Waals surface area contributed by atoms with Gasteiger partial charge in [-0.15, -0.1) is 0 Å². The van der Waals surface area contributed by atoms with E-state index >= 15 is 0 Å². The number of hydrogen-bond acceptors (Lipinski definition) is 3. The first kappa shape index (κ1) is 15.0. The highest BCUT2D eigenvalue weighted by Crippen LogP contribution is 2.29. The summed E-state index contributed by atoms with van der Waals surface area (Å²) < 4.78 is 16.0. The molecule has 0 unspecified atom stereocenters. The molecule has 1 aliphatic rings. The molecule has 5 heteroatoms. The lowest BCUT2D eigenvalue weighted by molar-refractivity contribution is 0.571. The predicted molar refractivity (Wildman–Crippen MR) is 90.0 cm³/mol. The third-order valence-corrected chi connectivity index (χ3v) is 4.56. The molecule has 0 bridgehead atoms. The molecule has 3 aromatic rings. The standard InChI is InChI=1S/C19H19FN4/c20-16-9-5-4-7-14(16)13-24-17-10-3-1-2-8-15(17)18(23-24)19-21-11-6-12-22-19/h4-7,9,11-12H,1-3,8,10,13H2. The maximum Gasteiger partial charge on any atom is 0.180 e. The zero-order chi connectivity index (χ0) is 16.4. The minimum atomic E-state index is -0.187. The van der Waals surface area contributed by atoms with E-state index in [0.717, 1.165) is 31.4 Å². The molecule has 122 valence electrons. The second kappa shape index (κ2) is 6.51. The van der Waals surface area contributed by atoms with E-state index in [4.69, 9.17) is 5.10 Å². The molecular weight excluding hydrogens is 303 g/mol. The lowest BCUT2D eigenvalue weighted by Crippen LogP contribution is -2.08.